The minimum Gasteiger partial charge on any atom is -0.497 e. The fraction of sp³-hybridized carbons (Fsp3) is 0.310. The van der Waals surface area contributed by atoms with Crippen LogP contribution in [0.4, 0.5) is 5.69 Å². The molecule has 0 saturated heterocycles. The zero-order chi connectivity index (χ0) is 28.6. The number of benzene rings is 3. The molecule has 0 heterocycles. The third-order valence-corrected chi connectivity index (χ3v) is 8.44. The van der Waals surface area contributed by atoms with Crippen LogP contribution in [0.25, 0.3) is 0 Å². The van der Waals surface area contributed by atoms with E-state index in [9.17, 15) is 18.0 Å². The van der Waals surface area contributed by atoms with Crippen LogP contribution in [-0.2, 0) is 26.2 Å². The number of amides is 2. The molecule has 0 aliphatic carbocycles. The molecule has 3 aromatic carbocycles. The fourth-order valence-corrected chi connectivity index (χ4v) is 5.75. The summed E-state index contributed by atoms with van der Waals surface area (Å²) in [7, 11) is -2.67. The third-order valence-electron chi connectivity index (χ3n) is 6.28. The summed E-state index contributed by atoms with van der Waals surface area (Å²) in [4.78, 5) is 28.4. The largest absolute Gasteiger partial charge is 0.497 e. The van der Waals surface area contributed by atoms with Gasteiger partial charge in [-0.05, 0) is 68.3 Å². The first-order chi connectivity index (χ1) is 18.6. The van der Waals surface area contributed by atoms with Crippen molar-refractivity contribution in [3.63, 3.8) is 0 Å². The van der Waals surface area contributed by atoms with Crippen LogP contribution in [0.15, 0.2) is 77.7 Å². The highest BCUT2D eigenvalue weighted by molar-refractivity contribution is 7.92. The van der Waals surface area contributed by atoms with Gasteiger partial charge in [0.15, 0.2) is 0 Å². The lowest BCUT2D eigenvalue weighted by molar-refractivity contribution is -0.140. The topological polar surface area (TPSA) is 96.0 Å². The van der Waals surface area contributed by atoms with E-state index in [1.807, 2.05) is 6.92 Å². The van der Waals surface area contributed by atoms with E-state index in [2.05, 4.69) is 5.32 Å². The Balaban J connectivity index is 2.06. The van der Waals surface area contributed by atoms with E-state index in [0.29, 0.717) is 35.0 Å². The van der Waals surface area contributed by atoms with Gasteiger partial charge in [-0.2, -0.15) is 0 Å². The molecule has 3 rings (SSSR count). The number of carbonyl (C=O) groups excluding carboxylic acids is 2. The number of halogens is 1. The summed E-state index contributed by atoms with van der Waals surface area (Å²) in [5, 5.41) is 3.23. The van der Waals surface area contributed by atoms with Crippen molar-refractivity contribution < 1.29 is 22.7 Å². The Kier molecular flexibility index (Phi) is 10.4. The highest BCUT2D eigenvalue weighted by Gasteiger charge is 2.33. The average molecular weight is 572 g/mol. The number of nitrogens with one attached hydrogen (secondary N) is 1. The van der Waals surface area contributed by atoms with Gasteiger partial charge in [0.05, 0.1) is 17.7 Å². The lowest BCUT2D eigenvalue weighted by Gasteiger charge is -2.33. The zero-order valence-electron chi connectivity index (χ0n) is 22.6. The Bertz CT molecular complexity index is 1380. The molecule has 0 unspecified atom stereocenters. The van der Waals surface area contributed by atoms with Crippen molar-refractivity contribution in [2.75, 3.05) is 24.5 Å². The Morgan fingerprint density at radius 3 is 2.18 bits per heavy atom. The second-order valence-electron chi connectivity index (χ2n) is 8.95. The molecule has 3 aromatic rings. The van der Waals surface area contributed by atoms with Crippen molar-refractivity contribution in [2.24, 2.45) is 0 Å². The molecule has 208 valence electrons. The maximum absolute atomic E-state index is 14.0. The Labute approximate surface area is 235 Å². The van der Waals surface area contributed by atoms with Crippen LogP contribution in [0.3, 0.4) is 0 Å². The van der Waals surface area contributed by atoms with Gasteiger partial charge in [0, 0.05) is 18.1 Å². The number of anilines is 1. The lowest BCUT2D eigenvalue weighted by Crippen LogP contribution is -2.52. The van der Waals surface area contributed by atoms with E-state index in [4.69, 9.17) is 16.3 Å². The molecule has 0 aromatic heterocycles. The molecule has 8 nitrogen and oxygen atoms in total. The van der Waals surface area contributed by atoms with Gasteiger partial charge in [-0.25, -0.2) is 8.42 Å². The van der Waals surface area contributed by atoms with Gasteiger partial charge < -0.3 is 15.0 Å². The number of carbonyl (C=O) groups is 2. The molecule has 2 amide bonds. The van der Waals surface area contributed by atoms with Crippen LogP contribution in [0, 0.1) is 6.92 Å². The summed E-state index contributed by atoms with van der Waals surface area (Å²) >= 11 is 6.40. The first-order valence-corrected chi connectivity index (χ1v) is 14.5. The van der Waals surface area contributed by atoms with Crippen molar-refractivity contribution in [3.8, 4) is 5.75 Å². The molecule has 1 N–H and O–H groups in total. The third kappa shape index (κ3) is 7.30. The molecule has 0 radical (unpaired) electrons. The number of sulfonamides is 1. The van der Waals surface area contributed by atoms with E-state index < -0.39 is 28.5 Å². The van der Waals surface area contributed by atoms with Gasteiger partial charge in [-0.1, -0.05) is 54.4 Å². The summed E-state index contributed by atoms with van der Waals surface area (Å²) in [5.41, 5.74) is 1.91. The number of likely N-dealkylation sites (N-methyl/N-ethyl adjacent to an activating group) is 1. The van der Waals surface area contributed by atoms with E-state index >= 15 is 0 Å². The molecule has 0 spiro atoms. The average Bonchev–Trinajstić information content (AvgIpc) is 2.93. The smallest absolute Gasteiger partial charge is 0.264 e. The molecule has 10 heteroatoms. The van der Waals surface area contributed by atoms with Crippen LogP contribution < -0.4 is 14.4 Å². The summed E-state index contributed by atoms with van der Waals surface area (Å²) in [6.45, 7) is 5.41. The predicted molar refractivity (Wildman–Crippen MR) is 153 cm³/mol. The van der Waals surface area contributed by atoms with Crippen LogP contribution in [-0.4, -0.2) is 51.4 Å². The van der Waals surface area contributed by atoms with E-state index in [0.717, 1.165) is 9.87 Å². The van der Waals surface area contributed by atoms with Crippen molar-refractivity contribution in [1.82, 2.24) is 10.2 Å². The first-order valence-electron chi connectivity index (χ1n) is 12.7. The van der Waals surface area contributed by atoms with E-state index in [1.165, 1.54) is 24.1 Å². The lowest BCUT2D eigenvalue weighted by atomic mass is 10.1. The van der Waals surface area contributed by atoms with E-state index in [1.54, 1.807) is 74.5 Å². The molecule has 0 fully saturated rings. The highest BCUT2D eigenvalue weighted by Crippen LogP contribution is 2.27. The number of hydrogen-bond donors (Lipinski definition) is 1. The maximum Gasteiger partial charge on any atom is 0.264 e. The maximum atomic E-state index is 14.0. The summed E-state index contributed by atoms with van der Waals surface area (Å²) in [6.07, 6.45) is 0.331. The van der Waals surface area contributed by atoms with Crippen molar-refractivity contribution in [3.05, 3.63) is 88.9 Å². The quantitative estimate of drug-likeness (QED) is 0.337. The van der Waals surface area contributed by atoms with Gasteiger partial charge in [0.1, 0.15) is 18.3 Å². The number of nitrogens with zero attached hydrogens (tertiary/aromatic N) is 2. The molecular formula is C29H34ClN3O5S. The predicted octanol–water partition coefficient (Wildman–Crippen LogP) is 4.80. The molecule has 0 saturated carbocycles. The summed E-state index contributed by atoms with van der Waals surface area (Å²) in [6, 6.07) is 19.1. The standard InChI is InChI=1S/C29H34ClN3O5S/c1-5-27(29(35)31-6-2)32(19-22-9-7-8-10-26(22)30)28(34)20-33(23-13-11-21(3)12-14-23)39(36,37)25-17-15-24(38-4)16-18-25/h7-18,27H,5-6,19-20H2,1-4H3,(H,31,35)/t27-/m1/s1. The molecular weight excluding hydrogens is 538 g/mol. The SMILES string of the molecule is CCNC(=O)[C@@H](CC)N(Cc1ccccc1Cl)C(=O)CN(c1ccc(C)cc1)S(=O)(=O)c1ccc(OC)cc1. The van der Waals surface area contributed by atoms with Crippen molar-refractivity contribution in [1.29, 1.82) is 0 Å². The number of rotatable bonds is 12. The van der Waals surface area contributed by atoms with Gasteiger partial charge in [-0.15, -0.1) is 0 Å². The summed E-state index contributed by atoms with van der Waals surface area (Å²) < 4.78 is 34.0. The fourth-order valence-electron chi connectivity index (χ4n) is 4.14. The number of methoxy groups -OCH3 is 1. The van der Waals surface area contributed by atoms with Gasteiger partial charge in [0.2, 0.25) is 11.8 Å². The normalized spacial score (nSPS) is 11.9. The zero-order valence-corrected chi connectivity index (χ0v) is 24.1. The number of hydrogen-bond acceptors (Lipinski definition) is 5. The van der Waals surface area contributed by atoms with Crippen LogP contribution in [0.5, 0.6) is 5.75 Å². The minimum atomic E-state index is -4.16. The monoisotopic (exact) mass is 571 g/mol. The van der Waals surface area contributed by atoms with Crippen LogP contribution in [0.1, 0.15) is 31.4 Å². The summed E-state index contributed by atoms with van der Waals surface area (Å²) in [5.74, 6) is -0.350. The number of aryl methyl sites for hydroxylation is 1. The molecule has 0 aliphatic rings. The second kappa shape index (κ2) is 13.5. The minimum absolute atomic E-state index is 0.00472. The van der Waals surface area contributed by atoms with Crippen LogP contribution in [0.2, 0.25) is 5.02 Å². The van der Waals surface area contributed by atoms with Gasteiger partial charge >= 0.3 is 0 Å². The van der Waals surface area contributed by atoms with Gasteiger partial charge in [0.25, 0.3) is 10.0 Å². The Morgan fingerprint density at radius 1 is 0.974 bits per heavy atom. The molecule has 0 aliphatic heterocycles. The Morgan fingerprint density at radius 2 is 1.62 bits per heavy atom. The van der Waals surface area contributed by atoms with Gasteiger partial charge in [-0.3, -0.25) is 13.9 Å². The van der Waals surface area contributed by atoms with E-state index in [-0.39, 0.29) is 17.3 Å². The second-order valence-corrected chi connectivity index (χ2v) is 11.2. The number of ether oxygens (including phenoxy) is 1. The molecule has 0 bridgehead atoms. The Hall–Kier alpha value is -3.56. The van der Waals surface area contributed by atoms with Crippen molar-refractivity contribution in [2.45, 2.75) is 44.7 Å². The molecule has 1 atom stereocenters. The molecule has 39 heavy (non-hydrogen) atoms. The van der Waals surface area contributed by atoms with Crippen LogP contribution >= 0.6 is 11.6 Å². The van der Waals surface area contributed by atoms with Crippen molar-refractivity contribution >= 4 is 39.1 Å². The highest BCUT2D eigenvalue weighted by atomic mass is 35.5. The first kappa shape index (κ1) is 30.0.